The Morgan fingerprint density at radius 3 is 2.90 bits per heavy atom. The van der Waals surface area contributed by atoms with Crippen molar-refractivity contribution in [1.29, 1.82) is 0 Å². The number of hydrogen-bond donors (Lipinski definition) is 3. The highest BCUT2D eigenvalue weighted by Gasteiger charge is 2.23. The molecule has 6 nitrogen and oxygen atoms in total. The van der Waals surface area contributed by atoms with Gasteiger partial charge >= 0.3 is 6.03 Å². The zero-order valence-electron chi connectivity index (χ0n) is 11.8. The molecule has 1 fully saturated rings. The quantitative estimate of drug-likeness (QED) is 0.756. The van der Waals surface area contributed by atoms with Gasteiger partial charge in [0.1, 0.15) is 11.6 Å². The van der Waals surface area contributed by atoms with Crippen LogP contribution in [0.2, 0.25) is 0 Å². The number of carbonyl (C=O) groups is 1. The standard InChI is InChI=1S/C15H18N4O2/c1-10-8-12(20)4-5-13(10)17-15(21)18-14-6-7-16-19(14)9-11-2-3-11/h4-8,11,20H,2-3,9H2,1H3,(H2,17,18,21). The Labute approximate surface area is 122 Å². The predicted octanol–water partition coefficient (Wildman–Crippen LogP) is 2.95. The van der Waals surface area contributed by atoms with Crippen molar-refractivity contribution in [3.05, 3.63) is 36.0 Å². The zero-order valence-corrected chi connectivity index (χ0v) is 11.8. The number of anilines is 2. The van der Waals surface area contributed by atoms with E-state index in [0.29, 0.717) is 17.4 Å². The van der Waals surface area contributed by atoms with Gasteiger partial charge in [-0.1, -0.05) is 0 Å². The summed E-state index contributed by atoms with van der Waals surface area (Å²) < 4.78 is 1.82. The highest BCUT2D eigenvalue weighted by Crippen LogP contribution is 2.31. The molecule has 0 aliphatic heterocycles. The number of rotatable bonds is 4. The molecule has 2 aromatic rings. The number of nitrogens with zero attached hydrogens (tertiary/aromatic N) is 2. The molecule has 0 atom stereocenters. The van der Waals surface area contributed by atoms with E-state index in [-0.39, 0.29) is 11.8 Å². The van der Waals surface area contributed by atoms with Crippen LogP contribution in [0.15, 0.2) is 30.5 Å². The van der Waals surface area contributed by atoms with E-state index in [2.05, 4.69) is 15.7 Å². The molecule has 1 aromatic carbocycles. The van der Waals surface area contributed by atoms with Gasteiger partial charge in [-0.25, -0.2) is 9.48 Å². The summed E-state index contributed by atoms with van der Waals surface area (Å²) in [6.45, 7) is 2.67. The third kappa shape index (κ3) is 3.34. The Morgan fingerprint density at radius 1 is 1.38 bits per heavy atom. The molecule has 0 saturated heterocycles. The summed E-state index contributed by atoms with van der Waals surface area (Å²) in [5.41, 5.74) is 1.47. The van der Waals surface area contributed by atoms with Gasteiger partial charge in [0.05, 0.1) is 6.20 Å². The second-order valence-electron chi connectivity index (χ2n) is 5.42. The smallest absolute Gasteiger partial charge is 0.324 e. The monoisotopic (exact) mass is 286 g/mol. The van der Waals surface area contributed by atoms with Crippen LogP contribution < -0.4 is 10.6 Å². The third-order valence-corrected chi connectivity index (χ3v) is 3.54. The molecule has 2 amide bonds. The fourth-order valence-electron chi connectivity index (χ4n) is 2.19. The topological polar surface area (TPSA) is 79.2 Å². The second-order valence-corrected chi connectivity index (χ2v) is 5.42. The van der Waals surface area contributed by atoms with E-state index in [1.807, 2.05) is 11.6 Å². The first-order chi connectivity index (χ1) is 10.1. The predicted molar refractivity (Wildman–Crippen MR) is 80.4 cm³/mol. The maximum absolute atomic E-state index is 12.0. The molecule has 110 valence electrons. The molecule has 0 radical (unpaired) electrons. The second kappa shape index (κ2) is 5.47. The first-order valence-corrected chi connectivity index (χ1v) is 7.01. The number of aryl methyl sites for hydroxylation is 1. The van der Waals surface area contributed by atoms with Gasteiger partial charge in [0.15, 0.2) is 0 Å². The lowest BCUT2D eigenvalue weighted by atomic mass is 10.2. The molecule has 21 heavy (non-hydrogen) atoms. The van der Waals surface area contributed by atoms with Crippen molar-refractivity contribution in [1.82, 2.24) is 9.78 Å². The highest BCUT2D eigenvalue weighted by molar-refractivity contribution is 5.99. The summed E-state index contributed by atoms with van der Waals surface area (Å²) in [7, 11) is 0. The number of amides is 2. The van der Waals surface area contributed by atoms with Crippen LogP contribution in [0.4, 0.5) is 16.3 Å². The first kappa shape index (κ1) is 13.5. The maximum atomic E-state index is 12.0. The number of phenols is 1. The van der Waals surface area contributed by atoms with Gasteiger partial charge in [0.25, 0.3) is 0 Å². The fourth-order valence-corrected chi connectivity index (χ4v) is 2.19. The van der Waals surface area contributed by atoms with E-state index in [0.717, 1.165) is 12.1 Å². The highest BCUT2D eigenvalue weighted by atomic mass is 16.3. The van der Waals surface area contributed by atoms with Crippen LogP contribution in [0.3, 0.4) is 0 Å². The molecule has 0 spiro atoms. The molecule has 1 aliphatic carbocycles. The van der Waals surface area contributed by atoms with E-state index >= 15 is 0 Å². The molecule has 1 aliphatic rings. The fraction of sp³-hybridized carbons (Fsp3) is 0.333. The Bertz CT molecular complexity index is 661. The van der Waals surface area contributed by atoms with E-state index in [4.69, 9.17) is 0 Å². The molecule has 0 bridgehead atoms. The van der Waals surface area contributed by atoms with Crippen LogP contribution in [-0.2, 0) is 6.54 Å². The number of phenolic OH excluding ortho intramolecular Hbond substituents is 1. The largest absolute Gasteiger partial charge is 0.508 e. The molecule has 3 rings (SSSR count). The number of benzene rings is 1. The Kier molecular flexibility index (Phi) is 3.51. The van der Waals surface area contributed by atoms with Gasteiger partial charge in [-0.2, -0.15) is 5.10 Å². The maximum Gasteiger partial charge on any atom is 0.324 e. The Balaban J connectivity index is 1.64. The minimum absolute atomic E-state index is 0.181. The first-order valence-electron chi connectivity index (χ1n) is 7.01. The van der Waals surface area contributed by atoms with E-state index < -0.39 is 0 Å². The molecule has 3 N–H and O–H groups in total. The summed E-state index contributed by atoms with van der Waals surface area (Å²) >= 11 is 0. The van der Waals surface area contributed by atoms with Crippen molar-refractivity contribution in [3.8, 4) is 5.75 Å². The lowest BCUT2D eigenvalue weighted by Crippen LogP contribution is -2.22. The number of carbonyl (C=O) groups excluding carboxylic acids is 1. The number of hydrogen-bond acceptors (Lipinski definition) is 3. The summed E-state index contributed by atoms with van der Waals surface area (Å²) in [5.74, 6) is 1.56. The van der Waals surface area contributed by atoms with Crippen LogP contribution in [-0.4, -0.2) is 20.9 Å². The molecule has 6 heteroatoms. The lowest BCUT2D eigenvalue weighted by Gasteiger charge is -2.11. The van der Waals surface area contributed by atoms with E-state index in [9.17, 15) is 9.90 Å². The summed E-state index contributed by atoms with van der Waals surface area (Å²) in [4.78, 5) is 12.0. The van der Waals surface area contributed by atoms with Gasteiger partial charge in [0.2, 0.25) is 0 Å². The summed E-state index contributed by atoms with van der Waals surface area (Å²) in [6.07, 6.45) is 4.15. The molecule has 1 heterocycles. The van der Waals surface area contributed by atoms with Gasteiger partial charge in [0, 0.05) is 18.3 Å². The summed E-state index contributed by atoms with van der Waals surface area (Å²) in [5, 5.41) is 19.2. The molecular weight excluding hydrogens is 268 g/mol. The van der Waals surface area contributed by atoms with Crippen molar-refractivity contribution >= 4 is 17.5 Å². The van der Waals surface area contributed by atoms with Crippen molar-refractivity contribution in [2.75, 3.05) is 10.6 Å². The van der Waals surface area contributed by atoms with Crippen LogP contribution >= 0.6 is 0 Å². The number of aromatic hydroxyl groups is 1. The minimum atomic E-state index is -0.318. The number of aromatic nitrogens is 2. The molecule has 1 saturated carbocycles. The van der Waals surface area contributed by atoms with Crippen molar-refractivity contribution < 1.29 is 9.90 Å². The van der Waals surface area contributed by atoms with E-state index in [1.54, 1.807) is 30.5 Å². The van der Waals surface area contributed by atoms with Crippen LogP contribution in [0.1, 0.15) is 18.4 Å². The van der Waals surface area contributed by atoms with Crippen molar-refractivity contribution in [2.24, 2.45) is 5.92 Å². The van der Waals surface area contributed by atoms with Crippen molar-refractivity contribution in [2.45, 2.75) is 26.3 Å². The Morgan fingerprint density at radius 2 is 2.19 bits per heavy atom. The normalized spacial score (nSPS) is 14.0. The Hall–Kier alpha value is -2.50. The van der Waals surface area contributed by atoms with Crippen LogP contribution in [0.5, 0.6) is 5.75 Å². The van der Waals surface area contributed by atoms with Gasteiger partial charge in [-0.3, -0.25) is 5.32 Å². The van der Waals surface area contributed by atoms with Gasteiger partial charge in [-0.05, 0) is 49.4 Å². The molecule has 1 aromatic heterocycles. The lowest BCUT2D eigenvalue weighted by molar-refractivity contribution is 0.262. The minimum Gasteiger partial charge on any atom is -0.508 e. The summed E-state index contributed by atoms with van der Waals surface area (Å²) in [6, 6.07) is 6.28. The average Bonchev–Trinajstić information content (AvgIpc) is 3.14. The average molecular weight is 286 g/mol. The van der Waals surface area contributed by atoms with Gasteiger partial charge < -0.3 is 10.4 Å². The van der Waals surface area contributed by atoms with Crippen LogP contribution in [0, 0.1) is 12.8 Å². The zero-order chi connectivity index (χ0) is 14.8. The SMILES string of the molecule is Cc1cc(O)ccc1NC(=O)Nc1ccnn1CC1CC1. The third-order valence-electron chi connectivity index (χ3n) is 3.54. The molecular formula is C15H18N4O2. The van der Waals surface area contributed by atoms with Crippen LogP contribution in [0.25, 0.3) is 0 Å². The number of urea groups is 1. The number of nitrogens with one attached hydrogen (secondary N) is 2. The van der Waals surface area contributed by atoms with Gasteiger partial charge in [-0.15, -0.1) is 0 Å². The van der Waals surface area contributed by atoms with E-state index in [1.165, 1.54) is 12.8 Å². The van der Waals surface area contributed by atoms with Crippen molar-refractivity contribution in [3.63, 3.8) is 0 Å². The molecule has 0 unspecified atom stereocenters.